The topological polar surface area (TPSA) is 70.7 Å². The minimum Gasteiger partial charge on any atom is -0.352 e. The smallest absolute Gasteiger partial charge is 0.238 e. The van der Waals surface area contributed by atoms with Crippen LogP contribution < -0.4 is 5.32 Å². The summed E-state index contributed by atoms with van der Waals surface area (Å²) in [4.78, 5) is 17.1. The molecule has 5 nitrogen and oxygen atoms in total. The van der Waals surface area contributed by atoms with Gasteiger partial charge >= 0.3 is 0 Å². The zero-order valence-corrected chi connectivity index (χ0v) is 13.0. The van der Waals surface area contributed by atoms with Crippen LogP contribution in [0.3, 0.4) is 0 Å². The van der Waals surface area contributed by atoms with E-state index in [2.05, 4.69) is 20.5 Å². The number of nitrogens with zero attached hydrogens (tertiary/aromatic N) is 2. The van der Waals surface area contributed by atoms with E-state index in [0.717, 1.165) is 24.2 Å². The third kappa shape index (κ3) is 3.16. The molecule has 0 aliphatic heterocycles. The van der Waals surface area contributed by atoms with Crippen molar-refractivity contribution < 1.29 is 4.79 Å². The highest BCUT2D eigenvalue weighted by Gasteiger charge is 2.31. The lowest BCUT2D eigenvalue weighted by atomic mass is 10.1. The molecule has 22 heavy (non-hydrogen) atoms. The van der Waals surface area contributed by atoms with Crippen LogP contribution in [0.1, 0.15) is 48.2 Å². The Hall–Kier alpha value is -1.82. The molecule has 0 bridgehead atoms. The van der Waals surface area contributed by atoms with Gasteiger partial charge in [-0.15, -0.1) is 5.10 Å². The fourth-order valence-electron chi connectivity index (χ4n) is 2.36. The molecule has 0 spiro atoms. The van der Waals surface area contributed by atoms with E-state index in [9.17, 15) is 4.79 Å². The van der Waals surface area contributed by atoms with Crippen molar-refractivity contribution in [2.24, 2.45) is 0 Å². The lowest BCUT2D eigenvalue weighted by Crippen LogP contribution is -2.29. The minimum atomic E-state index is -0.301. The molecule has 6 heteroatoms. The monoisotopic (exact) mass is 314 g/mol. The molecule has 0 radical (unpaired) electrons. The van der Waals surface area contributed by atoms with Crippen molar-refractivity contribution in [1.82, 2.24) is 20.5 Å². The van der Waals surface area contributed by atoms with Crippen molar-refractivity contribution in [3.05, 3.63) is 41.7 Å². The van der Waals surface area contributed by atoms with Crippen LogP contribution >= 0.6 is 11.8 Å². The van der Waals surface area contributed by atoms with E-state index in [1.807, 2.05) is 30.3 Å². The van der Waals surface area contributed by atoms with E-state index in [0.29, 0.717) is 17.1 Å². The van der Waals surface area contributed by atoms with Gasteiger partial charge in [0.25, 0.3) is 0 Å². The van der Waals surface area contributed by atoms with Crippen LogP contribution in [-0.4, -0.2) is 27.1 Å². The Morgan fingerprint density at radius 3 is 2.68 bits per heavy atom. The number of H-pyrrole nitrogens is 1. The number of aromatic nitrogens is 3. The maximum Gasteiger partial charge on any atom is 0.238 e. The summed E-state index contributed by atoms with van der Waals surface area (Å²) in [6.45, 7) is 0. The van der Waals surface area contributed by atoms with Crippen LogP contribution in [-0.2, 0) is 4.79 Å². The molecule has 2 fully saturated rings. The molecular weight excluding hydrogens is 296 g/mol. The minimum absolute atomic E-state index is 0.0523. The van der Waals surface area contributed by atoms with Gasteiger partial charge in [-0.3, -0.25) is 9.89 Å². The van der Waals surface area contributed by atoms with E-state index >= 15 is 0 Å². The Labute approximate surface area is 133 Å². The van der Waals surface area contributed by atoms with Crippen molar-refractivity contribution in [2.45, 2.75) is 48.0 Å². The van der Waals surface area contributed by atoms with Gasteiger partial charge in [-0.25, -0.2) is 4.98 Å². The van der Waals surface area contributed by atoms with Gasteiger partial charge in [-0.05, 0) is 31.2 Å². The van der Waals surface area contributed by atoms with Gasteiger partial charge in [0.1, 0.15) is 11.1 Å². The summed E-state index contributed by atoms with van der Waals surface area (Å²) in [6, 6.07) is 10.2. The maximum absolute atomic E-state index is 12.6. The van der Waals surface area contributed by atoms with E-state index in [1.165, 1.54) is 24.6 Å². The Kier molecular flexibility index (Phi) is 3.62. The number of carbonyl (C=O) groups excluding carboxylic acids is 1. The zero-order chi connectivity index (χ0) is 14.9. The quantitative estimate of drug-likeness (QED) is 0.804. The molecule has 2 N–H and O–H groups in total. The molecule has 1 aromatic heterocycles. The summed E-state index contributed by atoms with van der Waals surface area (Å²) >= 11 is 1.42. The number of nitrogens with one attached hydrogen (secondary N) is 2. The Balaban J connectivity index is 1.53. The van der Waals surface area contributed by atoms with Crippen molar-refractivity contribution in [1.29, 1.82) is 0 Å². The summed E-state index contributed by atoms with van der Waals surface area (Å²) in [6.07, 6.45) is 4.54. The van der Waals surface area contributed by atoms with Gasteiger partial charge in [0.15, 0.2) is 0 Å². The highest BCUT2D eigenvalue weighted by Crippen LogP contribution is 2.40. The number of benzene rings is 1. The standard InChI is InChI=1S/C16H18N4OS/c21-15(17-12-8-9-12)13(10-4-2-1-3-5-10)22-16-18-14(19-20-16)11-6-7-11/h1-5,11-13H,6-9H2,(H,17,21)(H,18,19,20). The SMILES string of the molecule is O=C(NC1CC1)C(Sc1n[nH]c(C2CC2)n1)c1ccccc1. The van der Waals surface area contributed by atoms with Crippen molar-refractivity contribution >= 4 is 17.7 Å². The molecule has 1 aromatic carbocycles. The molecule has 2 saturated carbocycles. The van der Waals surface area contributed by atoms with Gasteiger partial charge in [-0.2, -0.15) is 0 Å². The molecule has 2 aliphatic rings. The van der Waals surface area contributed by atoms with Crippen LogP contribution in [0.5, 0.6) is 0 Å². The largest absolute Gasteiger partial charge is 0.352 e. The number of aromatic amines is 1. The first-order valence-electron chi connectivity index (χ1n) is 7.74. The number of amides is 1. The molecule has 1 heterocycles. The summed E-state index contributed by atoms with van der Waals surface area (Å²) < 4.78 is 0. The predicted octanol–water partition coefficient (Wildman–Crippen LogP) is 2.79. The molecule has 1 amide bonds. The normalized spacial score (nSPS) is 18.9. The van der Waals surface area contributed by atoms with Gasteiger partial charge in [0, 0.05) is 12.0 Å². The molecule has 2 aliphatic carbocycles. The van der Waals surface area contributed by atoms with E-state index in [1.54, 1.807) is 0 Å². The molecule has 1 atom stereocenters. The lowest BCUT2D eigenvalue weighted by Gasteiger charge is -2.15. The average molecular weight is 314 g/mol. The van der Waals surface area contributed by atoms with Crippen molar-refractivity contribution in [3.63, 3.8) is 0 Å². The third-order valence-electron chi connectivity index (χ3n) is 3.93. The fraction of sp³-hybridized carbons (Fsp3) is 0.438. The number of hydrogen-bond acceptors (Lipinski definition) is 4. The number of rotatable bonds is 6. The average Bonchev–Trinajstić information content (AvgIpc) is 3.47. The van der Waals surface area contributed by atoms with E-state index in [4.69, 9.17) is 0 Å². The number of hydrogen-bond donors (Lipinski definition) is 2. The summed E-state index contributed by atoms with van der Waals surface area (Å²) in [5.74, 6) is 1.55. The second-order valence-electron chi connectivity index (χ2n) is 5.97. The van der Waals surface area contributed by atoms with E-state index < -0.39 is 0 Å². The summed E-state index contributed by atoms with van der Waals surface area (Å²) in [5.41, 5.74) is 0.989. The Bertz CT molecular complexity index is 664. The first-order chi connectivity index (χ1) is 10.8. The van der Waals surface area contributed by atoms with Crippen LogP contribution in [0.25, 0.3) is 0 Å². The van der Waals surface area contributed by atoms with Crippen LogP contribution in [0, 0.1) is 0 Å². The number of carbonyl (C=O) groups is 1. The Morgan fingerprint density at radius 2 is 2.00 bits per heavy atom. The van der Waals surface area contributed by atoms with E-state index in [-0.39, 0.29) is 11.2 Å². The lowest BCUT2D eigenvalue weighted by molar-refractivity contribution is -0.120. The molecular formula is C16H18N4OS. The van der Waals surface area contributed by atoms with Gasteiger partial charge < -0.3 is 5.32 Å². The van der Waals surface area contributed by atoms with Crippen molar-refractivity contribution in [2.75, 3.05) is 0 Å². The molecule has 2 aromatic rings. The second kappa shape index (κ2) is 5.76. The molecule has 4 rings (SSSR count). The first kappa shape index (κ1) is 13.8. The van der Waals surface area contributed by atoms with Gasteiger partial charge in [0.2, 0.25) is 11.1 Å². The molecule has 1 unspecified atom stereocenters. The summed E-state index contributed by atoms with van der Waals surface area (Å²) in [7, 11) is 0. The van der Waals surface area contributed by atoms with Crippen LogP contribution in [0.2, 0.25) is 0 Å². The fourth-order valence-corrected chi connectivity index (χ4v) is 3.29. The molecule has 0 saturated heterocycles. The zero-order valence-electron chi connectivity index (χ0n) is 12.2. The molecule has 114 valence electrons. The first-order valence-corrected chi connectivity index (χ1v) is 8.62. The third-order valence-corrected chi connectivity index (χ3v) is 5.05. The van der Waals surface area contributed by atoms with Crippen LogP contribution in [0.4, 0.5) is 0 Å². The Morgan fingerprint density at radius 1 is 1.23 bits per heavy atom. The van der Waals surface area contributed by atoms with Crippen LogP contribution in [0.15, 0.2) is 35.5 Å². The number of thioether (sulfide) groups is 1. The van der Waals surface area contributed by atoms with Gasteiger partial charge in [0.05, 0.1) is 0 Å². The van der Waals surface area contributed by atoms with Crippen molar-refractivity contribution in [3.8, 4) is 0 Å². The van der Waals surface area contributed by atoms with Gasteiger partial charge in [-0.1, -0.05) is 42.1 Å². The predicted molar refractivity (Wildman–Crippen MR) is 84.6 cm³/mol. The highest BCUT2D eigenvalue weighted by atomic mass is 32.2. The summed E-state index contributed by atoms with van der Waals surface area (Å²) in [5, 5.41) is 10.7. The highest BCUT2D eigenvalue weighted by molar-refractivity contribution is 8.00. The maximum atomic E-state index is 12.6. The second-order valence-corrected chi connectivity index (χ2v) is 7.04.